The third kappa shape index (κ3) is 5.59. The highest BCUT2D eigenvalue weighted by molar-refractivity contribution is 6.14. The van der Waals surface area contributed by atoms with Gasteiger partial charge in [-0.15, -0.1) is 0 Å². The summed E-state index contributed by atoms with van der Waals surface area (Å²) < 4.78 is 12.3. The van der Waals surface area contributed by atoms with Crippen LogP contribution in [0, 0.1) is 0 Å². The molecule has 0 radical (unpaired) electrons. The first kappa shape index (κ1) is 33.3. The summed E-state index contributed by atoms with van der Waals surface area (Å²) in [5.74, 6) is 0. The number of benzene rings is 10. The SMILES string of the molecule is c1ccc2c(c1)ccc1cccc(-c3ccc(N(c4ccc(-c5ccc6oc7ccccc7c6c5)cc4)c4ccc(-c5ccc6oc7ccccc7c6c5)cc4)cc3)c12. The second-order valence-corrected chi connectivity index (χ2v) is 15.3. The number of anilines is 3. The van der Waals surface area contributed by atoms with Gasteiger partial charge in [-0.05, 0) is 128 Å². The van der Waals surface area contributed by atoms with Gasteiger partial charge in [0.15, 0.2) is 0 Å². The van der Waals surface area contributed by atoms with Crippen LogP contribution in [0.3, 0.4) is 0 Å². The van der Waals surface area contributed by atoms with Crippen LogP contribution in [0.25, 0.3) is 98.8 Å². The van der Waals surface area contributed by atoms with Crippen LogP contribution in [0.2, 0.25) is 0 Å². The van der Waals surface area contributed by atoms with Gasteiger partial charge >= 0.3 is 0 Å². The molecule has 0 spiro atoms. The molecule has 0 aliphatic rings. The molecule has 0 unspecified atom stereocenters. The zero-order valence-electron chi connectivity index (χ0n) is 32.0. The molecule has 0 atom stereocenters. The topological polar surface area (TPSA) is 29.5 Å². The van der Waals surface area contributed by atoms with Crippen molar-refractivity contribution in [2.45, 2.75) is 0 Å². The van der Waals surface area contributed by atoms with E-state index >= 15 is 0 Å². The van der Waals surface area contributed by atoms with E-state index in [1.165, 1.54) is 32.7 Å². The van der Waals surface area contributed by atoms with Gasteiger partial charge in [-0.3, -0.25) is 0 Å². The van der Waals surface area contributed by atoms with E-state index in [2.05, 4.69) is 193 Å². The molecule has 0 fully saturated rings. The molecule has 276 valence electrons. The Morgan fingerprint density at radius 2 is 0.695 bits per heavy atom. The van der Waals surface area contributed by atoms with Crippen LogP contribution in [0.1, 0.15) is 0 Å². The van der Waals surface area contributed by atoms with Gasteiger partial charge in [-0.1, -0.05) is 140 Å². The Labute approximate surface area is 340 Å². The molecule has 12 aromatic rings. The average molecular weight is 754 g/mol. The number of rotatable bonds is 6. The van der Waals surface area contributed by atoms with E-state index in [-0.39, 0.29) is 0 Å². The summed E-state index contributed by atoms with van der Waals surface area (Å²) in [6, 6.07) is 76.0. The predicted molar refractivity (Wildman–Crippen MR) is 247 cm³/mol. The normalized spacial score (nSPS) is 11.7. The molecule has 12 rings (SSSR count). The quantitative estimate of drug-likeness (QED) is 0.158. The number of furan rings is 2. The molecular weight excluding hydrogens is 719 g/mol. The van der Waals surface area contributed by atoms with Gasteiger partial charge in [-0.25, -0.2) is 0 Å². The van der Waals surface area contributed by atoms with E-state index < -0.39 is 0 Å². The van der Waals surface area contributed by atoms with Gasteiger partial charge in [0.1, 0.15) is 22.3 Å². The first-order chi connectivity index (χ1) is 29.2. The molecule has 2 heterocycles. The number of hydrogen-bond acceptors (Lipinski definition) is 3. The van der Waals surface area contributed by atoms with Crippen LogP contribution in [0.5, 0.6) is 0 Å². The lowest BCUT2D eigenvalue weighted by atomic mass is 9.93. The van der Waals surface area contributed by atoms with Crippen molar-refractivity contribution in [3.05, 3.63) is 212 Å². The fraction of sp³-hybridized carbons (Fsp3) is 0. The summed E-state index contributed by atoms with van der Waals surface area (Å²) in [7, 11) is 0. The summed E-state index contributed by atoms with van der Waals surface area (Å²) >= 11 is 0. The van der Waals surface area contributed by atoms with Gasteiger partial charge in [0.25, 0.3) is 0 Å². The Hall–Kier alpha value is -7.88. The van der Waals surface area contributed by atoms with Crippen LogP contribution < -0.4 is 4.90 Å². The Balaban J connectivity index is 0.943. The number of hydrogen-bond donors (Lipinski definition) is 0. The van der Waals surface area contributed by atoms with Crippen LogP contribution in [0.4, 0.5) is 17.1 Å². The molecule has 10 aromatic carbocycles. The maximum atomic E-state index is 6.13. The van der Waals surface area contributed by atoms with E-state index in [9.17, 15) is 0 Å². The Bertz CT molecular complexity index is 3380. The van der Waals surface area contributed by atoms with Crippen LogP contribution >= 0.6 is 0 Å². The first-order valence-electron chi connectivity index (χ1n) is 20.1. The average Bonchev–Trinajstić information content (AvgIpc) is 3.87. The van der Waals surface area contributed by atoms with Crippen molar-refractivity contribution < 1.29 is 8.83 Å². The second-order valence-electron chi connectivity index (χ2n) is 15.3. The van der Waals surface area contributed by atoms with E-state index in [4.69, 9.17) is 8.83 Å². The summed E-state index contributed by atoms with van der Waals surface area (Å²) in [6.07, 6.45) is 0. The Morgan fingerprint density at radius 3 is 1.25 bits per heavy atom. The molecule has 3 heteroatoms. The largest absolute Gasteiger partial charge is 0.456 e. The van der Waals surface area contributed by atoms with Crippen molar-refractivity contribution in [1.29, 1.82) is 0 Å². The molecule has 0 aliphatic heterocycles. The lowest BCUT2D eigenvalue weighted by Gasteiger charge is -2.26. The van der Waals surface area contributed by atoms with Gasteiger partial charge in [0, 0.05) is 38.6 Å². The van der Waals surface area contributed by atoms with Gasteiger partial charge in [-0.2, -0.15) is 0 Å². The maximum absolute atomic E-state index is 6.13. The van der Waals surface area contributed by atoms with Crippen molar-refractivity contribution in [3.8, 4) is 33.4 Å². The number of nitrogens with zero attached hydrogens (tertiary/aromatic N) is 1. The molecular formula is C56H35NO2. The Morgan fingerprint density at radius 1 is 0.271 bits per heavy atom. The minimum atomic E-state index is 0.902. The minimum absolute atomic E-state index is 0.902. The zero-order chi connectivity index (χ0) is 38.9. The standard InChI is InChI=1S/C56H35NO2/c1-2-10-46-38(8-1)16-17-40-9-7-13-47(56(40)46)39-22-30-45(31-23-39)57(43-26-18-36(19-27-43)41-24-32-54-50(34-41)48-11-3-5-14-52(48)58-54)44-28-20-37(21-29-44)42-25-33-55-51(35-42)49-12-4-6-15-53(49)59-55/h1-35H. The Kier molecular flexibility index (Phi) is 7.54. The fourth-order valence-corrected chi connectivity index (χ4v) is 8.95. The van der Waals surface area contributed by atoms with Crippen molar-refractivity contribution in [1.82, 2.24) is 0 Å². The molecule has 0 aliphatic carbocycles. The van der Waals surface area contributed by atoms with Crippen LogP contribution in [-0.4, -0.2) is 0 Å². The van der Waals surface area contributed by atoms with E-state index in [1.54, 1.807) is 0 Å². The lowest BCUT2D eigenvalue weighted by Crippen LogP contribution is -2.09. The van der Waals surface area contributed by atoms with E-state index in [1.807, 2.05) is 24.3 Å². The van der Waals surface area contributed by atoms with Crippen LogP contribution in [-0.2, 0) is 0 Å². The molecule has 0 saturated carbocycles. The van der Waals surface area contributed by atoms with Crippen molar-refractivity contribution in [2.75, 3.05) is 4.90 Å². The molecule has 0 amide bonds. The molecule has 0 saturated heterocycles. The maximum Gasteiger partial charge on any atom is 0.135 e. The molecule has 3 nitrogen and oxygen atoms in total. The summed E-state index contributed by atoms with van der Waals surface area (Å²) in [5, 5.41) is 9.57. The molecule has 0 bridgehead atoms. The predicted octanol–water partition coefficient (Wildman–Crippen LogP) is 16.3. The smallest absolute Gasteiger partial charge is 0.135 e. The van der Waals surface area contributed by atoms with Crippen molar-refractivity contribution in [3.63, 3.8) is 0 Å². The third-order valence-corrected chi connectivity index (χ3v) is 11.9. The lowest BCUT2D eigenvalue weighted by molar-refractivity contribution is 0.668. The van der Waals surface area contributed by atoms with Crippen LogP contribution in [0.15, 0.2) is 221 Å². The highest BCUT2D eigenvalue weighted by Crippen LogP contribution is 2.41. The van der Waals surface area contributed by atoms with Gasteiger partial charge in [0.05, 0.1) is 0 Å². The summed E-state index contributed by atoms with van der Waals surface area (Å²) in [5.41, 5.74) is 13.9. The van der Waals surface area contributed by atoms with E-state index in [0.29, 0.717) is 0 Å². The monoisotopic (exact) mass is 753 g/mol. The fourth-order valence-electron chi connectivity index (χ4n) is 8.95. The second kappa shape index (κ2) is 13.4. The van der Waals surface area contributed by atoms with Gasteiger partial charge < -0.3 is 13.7 Å². The molecule has 2 aromatic heterocycles. The summed E-state index contributed by atoms with van der Waals surface area (Å²) in [4.78, 5) is 2.34. The highest BCUT2D eigenvalue weighted by atomic mass is 16.3. The molecule has 0 N–H and O–H groups in total. The molecule has 59 heavy (non-hydrogen) atoms. The number of fused-ring (bicyclic) bond motifs is 9. The third-order valence-electron chi connectivity index (χ3n) is 11.9. The number of para-hydroxylation sites is 2. The minimum Gasteiger partial charge on any atom is -0.456 e. The zero-order valence-corrected chi connectivity index (χ0v) is 32.0. The van der Waals surface area contributed by atoms with E-state index in [0.717, 1.165) is 83.2 Å². The van der Waals surface area contributed by atoms with Crippen molar-refractivity contribution >= 4 is 82.5 Å². The van der Waals surface area contributed by atoms with Crippen molar-refractivity contribution in [2.24, 2.45) is 0 Å². The highest BCUT2D eigenvalue weighted by Gasteiger charge is 2.16. The van der Waals surface area contributed by atoms with Gasteiger partial charge in [0.2, 0.25) is 0 Å². The summed E-state index contributed by atoms with van der Waals surface area (Å²) in [6.45, 7) is 0. The first-order valence-corrected chi connectivity index (χ1v) is 20.1.